The van der Waals surface area contributed by atoms with E-state index in [-0.39, 0.29) is 17.1 Å². The van der Waals surface area contributed by atoms with Crippen molar-refractivity contribution in [2.24, 2.45) is 11.3 Å². The molecule has 2 atom stereocenters. The largest absolute Gasteiger partial charge is 0.374 e. The molecule has 0 amide bonds. The number of hydrazine groups is 1. The lowest BCUT2D eigenvalue weighted by Crippen LogP contribution is -2.60. The molecule has 0 aromatic rings. The average molecular weight is 200 g/mol. The lowest BCUT2D eigenvalue weighted by molar-refractivity contribution is -0.110. The van der Waals surface area contributed by atoms with Gasteiger partial charge in [-0.25, -0.2) is 0 Å². The Balaban J connectivity index is 2.76. The predicted molar refractivity (Wildman–Crippen MR) is 58.8 cm³/mol. The maximum absolute atomic E-state index is 5.90. The molecular formula is C11H24N2O. The van der Waals surface area contributed by atoms with Crippen LogP contribution in [0.25, 0.3) is 0 Å². The Morgan fingerprint density at radius 1 is 1.36 bits per heavy atom. The fraction of sp³-hybridized carbons (Fsp3) is 1.00. The third-order valence-electron chi connectivity index (χ3n) is 3.14. The minimum atomic E-state index is -0.106. The zero-order valence-corrected chi connectivity index (χ0v) is 9.89. The monoisotopic (exact) mass is 200 g/mol. The van der Waals surface area contributed by atoms with Crippen molar-refractivity contribution >= 4 is 0 Å². The van der Waals surface area contributed by atoms with E-state index in [2.05, 4.69) is 33.1 Å². The average Bonchev–Trinajstić information content (AvgIpc) is 2.03. The molecule has 0 radical (unpaired) electrons. The fourth-order valence-electron chi connectivity index (χ4n) is 2.53. The first-order chi connectivity index (χ1) is 6.40. The van der Waals surface area contributed by atoms with Crippen LogP contribution in [0.3, 0.4) is 0 Å². The second kappa shape index (κ2) is 4.17. The summed E-state index contributed by atoms with van der Waals surface area (Å²) in [6.45, 7) is 9.62. The summed E-state index contributed by atoms with van der Waals surface area (Å²) >= 11 is 0. The van der Waals surface area contributed by atoms with E-state index in [9.17, 15) is 0 Å². The standard InChI is InChI=1S/C11H24N2O/c1-10(2,3)9(13-12)11(4)7-5-6-8-14-11/h9,13H,5-8,12H2,1-4H3. The van der Waals surface area contributed by atoms with Crippen molar-refractivity contribution in [3.63, 3.8) is 0 Å². The Labute approximate surface area is 87.4 Å². The minimum absolute atomic E-state index is 0.106. The number of rotatable bonds is 2. The molecule has 14 heavy (non-hydrogen) atoms. The molecule has 0 aliphatic carbocycles. The smallest absolute Gasteiger partial charge is 0.0825 e. The first kappa shape index (κ1) is 12.0. The van der Waals surface area contributed by atoms with E-state index in [1.807, 2.05) is 0 Å². The number of ether oxygens (including phenoxy) is 1. The summed E-state index contributed by atoms with van der Waals surface area (Å²) in [4.78, 5) is 0. The second-order valence-electron chi connectivity index (χ2n) is 5.58. The summed E-state index contributed by atoms with van der Waals surface area (Å²) in [6.07, 6.45) is 3.51. The number of hydrogen-bond donors (Lipinski definition) is 2. The van der Waals surface area contributed by atoms with Gasteiger partial charge in [0, 0.05) is 6.61 Å². The number of nitrogens with one attached hydrogen (secondary N) is 1. The highest BCUT2D eigenvalue weighted by Crippen LogP contribution is 2.35. The maximum atomic E-state index is 5.90. The predicted octanol–water partition coefficient (Wildman–Crippen LogP) is 1.82. The molecule has 1 heterocycles. The Hall–Kier alpha value is -0.120. The van der Waals surface area contributed by atoms with Crippen molar-refractivity contribution in [2.45, 2.75) is 58.6 Å². The highest BCUT2D eigenvalue weighted by atomic mass is 16.5. The van der Waals surface area contributed by atoms with Crippen molar-refractivity contribution in [1.82, 2.24) is 5.43 Å². The normalized spacial score (nSPS) is 31.5. The van der Waals surface area contributed by atoms with Crippen molar-refractivity contribution < 1.29 is 4.74 Å². The van der Waals surface area contributed by atoms with Gasteiger partial charge in [0.2, 0.25) is 0 Å². The third kappa shape index (κ3) is 2.47. The molecule has 0 aromatic heterocycles. The molecule has 0 spiro atoms. The van der Waals surface area contributed by atoms with Gasteiger partial charge >= 0.3 is 0 Å². The van der Waals surface area contributed by atoms with Gasteiger partial charge in [0.15, 0.2) is 0 Å². The van der Waals surface area contributed by atoms with Gasteiger partial charge in [0.05, 0.1) is 11.6 Å². The molecule has 1 fully saturated rings. The van der Waals surface area contributed by atoms with Gasteiger partial charge in [-0.3, -0.25) is 11.3 Å². The molecule has 84 valence electrons. The summed E-state index contributed by atoms with van der Waals surface area (Å²) in [7, 11) is 0. The summed E-state index contributed by atoms with van der Waals surface area (Å²) in [5.41, 5.74) is 2.95. The van der Waals surface area contributed by atoms with Crippen molar-refractivity contribution in [1.29, 1.82) is 0 Å². The zero-order chi connectivity index (χ0) is 10.8. The molecule has 3 nitrogen and oxygen atoms in total. The van der Waals surface area contributed by atoms with Crippen molar-refractivity contribution in [3.05, 3.63) is 0 Å². The Kier molecular flexibility index (Phi) is 3.56. The lowest BCUT2D eigenvalue weighted by Gasteiger charge is -2.46. The quantitative estimate of drug-likeness (QED) is 0.528. The molecule has 3 N–H and O–H groups in total. The Bertz CT molecular complexity index is 180. The molecule has 1 aliphatic heterocycles. The van der Waals surface area contributed by atoms with Crippen LogP contribution in [0.1, 0.15) is 47.0 Å². The first-order valence-corrected chi connectivity index (χ1v) is 5.50. The van der Waals surface area contributed by atoms with E-state index >= 15 is 0 Å². The molecule has 0 bridgehead atoms. The van der Waals surface area contributed by atoms with Gasteiger partial charge in [0.25, 0.3) is 0 Å². The molecule has 1 rings (SSSR count). The second-order valence-corrected chi connectivity index (χ2v) is 5.58. The SMILES string of the molecule is CC(C)(C)C(NN)C1(C)CCCCO1. The topological polar surface area (TPSA) is 47.3 Å². The molecular weight excluding hydrogens is 176 g/mol. The molecule has 1 aliphatic rings. The van der Waals surface area contributed by atoms with E-state index in [0.717, 1.165) is 13.0 Å². The van der Waals surface area contributed by atoms with Crippen LogP contribution in [0.15, 0.2) is 0 Å². The molecule has 3 heteroatoms. The Morgan fingerprint density at radius 3 is 2.36 bits per heavy atom. The number of nitrogens with two attached hydrogens (primary N) is 1. The number of hydrogen-bond acceptors (Lipinski definition) is 3. The van der Waals surface area contributed by atoms with Crippen LogP contribution < -0.4 is 11.3 Å². The maximum Gasteiger partial charge on any atom is 0.0825 e. The van der Waals surface area contributed by atoms with E-state index < -0.39 is 0 Å². The summed E-state index contributed by atoms with van der Waals surface area (Å²) in [5.74, 6) is 5.64. The van der Waals surface area contributed by atoms with Crippen LogP contribution in [0.5, 0.6) is 0 Å². The molecule has 0 aromatic carbocycles. The van der Waals surface area contributed by atoms with Crippen LogP contribution >= 0.6 is 0 Å². The van der Waals surface area contributed by atoms with Crippen molar-refractivity contribution in [3.8, 4) is 0 Å². The highest BCUT2D eigenvalue weighted by molar-refractivity contribution is 4.96. The van der Waals surface area contributed by atoms with Crippen LogP contribution in [0.4, 0.5) is 0 Å². The van der Waals surface area contributed by atoms with Crippen LogP contribution in [0.2, 0.25) is 0 Å². The van der Waals surface area contributed by atoms with Crippen LogP contribution in [-0.2, 0) is 4.74 Å². The first-order valence-electron chi connectivity index (χ1n) is 5.50. The summed E-state index contributed by atoms with van der Waals surface area (Å²) in [6, 6.07) is 0.204. The zero-order valence-electron chi connectivity index (χ0n) is 9.89. The van der Waals surface area contributed by atoms with E-state index in [0.29, 0.717) is 0 Å². The van der Waals surface area contributed by atoms with Gasteiger partial charge in [-0.1, -0.05) is 20.8 Å². The van der Waals surface area contributed by atoms with E-state index in [4.69, 9.17) is 10.6 Å². The molecule has 2 unspecified atom stereocenters. The molecule has 1 saturated heterocycles. The van der Waals surface area contributed by atoms with Gasteiger partial charge in [0.1, 0.15) is 0 Å². The summed E-state index contributed by atoms with van der Waals surface area (Å²) < 4.78 is 5.90. The lowest BCUT2D eigenvalue weighted by atomic mass is 9.74. The van der Waals surface area contributed by atoms with Gasteiger partial charge in [-0.15, -0.1) is 0 Å². The fourth-order valence-corrected chi connectivity index (χ4v) is 2.53. The van der Waals surface area contributed by atoms with Gasteiger partial charge in [-0.05, 0) is 31.6 Å². The third-order valence-corrected chi connectivity index (χ3v) is 3.14. The Morgan fingerprint density at radius 2 is 2.00 bits per heavy atom. The van der Waals surface area contributed by atoms with Gasteiger partial charge in [-0.2, -0.15) is 0 Å². The van der Waals surface area contributed by atoms with E-state index in [1.165, 1.54) is 12.8 Å². The van der Waals surface area contributed by atoms with Gasteiger partial charge < -0.3 is 4.74 Å². The van der Waals surface area contributed by atoms with Crippen LogP contribution in [-0.4, -0.2) is 18.2 Å². The molecule has 0 saturated carbocycles. The van der Waals surface area contributed by atoms with Crippen molar-refractivity contribution in [2.75, 3.05) is 6.61 Å². The minimum Gasteiger partial charge on any atom is -0.374 e. The van der Waals surface area contributed by atoms with E-state index in [1.54, 1.807) is 0 Å². The van der Waals surface area contributed by atoms with Crippen LogP contribution in [0, 0.1) is 5.41 Å². The highest BCUT2D eigenvalue weighted by Gasteiger charge is 2.42. The summed E-state index contributed by atoms with van der Waals surface area (Å²) in [5, 5.41) is 0.